The molecule has 1 aliphatic heterocycles. The zero-order chi connectivity index (χ0) is 11.6. The molecule has 0 amide bonds. The zero-order valence-corrected chi connectivity index (χ0v) is 10.7. The summed E-state index contributed by atoms with van der Waals surface area (Å²) >= 11 is 0. The van der Waals surface area contributed by atoms with Gasteiger partial charge in [0.1, 0.15) is 0 Å². The first-order chi connectivity index (χ1) is 7.60. The minimum Gasteiger partial charge on any atom is -0.314 e. The van der Waals surface area contributed by atoms with Gasteiger partial charge in [-0.2, -0.15) is 17.0 Å². The first-order valence-corrected chi connectivity index (χ1v) is 7.42. The Morgan fingerprint density at radius 2 is 1.94 bits per heavy atom. The molecule has 0 atom stereocenters. The Labute approximate surface area is 98.0 Å². The summed E-state index contributed by atoms with van der Waals surface area (Å²) < 4.78 is 27.5. The van der Waals surface area contributed by atoms with Gasteiger partial charge < -0.3 is 5.32 Å². The molecule has 0 unspecified atom stereocenters. The van der Waals surface area contributed by atoms with Crippen LogP contribution >= 0.6 is 0 Å². The van der Waals surface area contributed by atoms with E-state index in [0.717, 1.165) is 13.1 Å². The highest BCUT2D eigenvalue weighted by molar-refractivity contribution is 7.86. The number of hydrogen-bond donors (Lipinski definition) is 1. The molecule has 1 N–H and O–H groups in total. The van der Waals surface area contributed by atoms with Crippen LogP contribution in [0, 0.1) is 5.92 Å². The Hall–Kier alpha value is -0.170. The number of nitrogens with zero attached hydrogens (tertiary/aromatic N) is 2. The van der Waals surface area contributed by atoms with Crippen LogP contribution in [0.2, 0.25) is 0 Å². The fraction of sp³-hybridized carbons (Fsp3) is 1.00. The summed E-state index contributed by atoms with van der Waals surface area (Å²) in [6.45, 7) is 3.40. The highest BCUT2D eigenvalue weighted by Crippen LogP contribution is 2.27. The second kappa shape index (κ2) is 5.00. The molecule has 1 aliphatic carbocycles. The van der Waals surface area contributed by atoms with Gasteiger partial charge in [0.2, 0.25) is 0 Å². The Morgan fingerprint density at radius 1 is 1.31 bits per heavy atom. The largest absolute Gasteiger partial charge is 0.314 e. The zero-order valence-electron chi connectivity index (χ0n) is 9.85. The van der Waals surface area contributed by atoms with Gasteiger partial charge in [-0.15, -0.1) is 0 Å². The van der Waals surface area contributed by atoms with Crippen LogP contribution < -0.4 is 5.32 Å². The normalized spacial score (nSPS) is 24.6. The smallest absolute Gasteiger partial charge is 0.281 e. The summed E-state index contributed by atoms with van der Waals surface area (Å²) in [6, 6.07) is 0. The van der Waals surface area contributed by atoms with Crippen LogP contribution in [0.5, 0.6) is 0 Å². The van der Waals surface area contributed by atoms with Crippen molar-refractivity contribution < 1.29 is 8.42 Å². The van der Waals surface area contributed by atoms with Gasteiger partial charge in [-0.25, -0.2) is 0 Å². The SMILES string of the molecule is CN(CC1CCC1)S(=O)(=O)N1CCNCC1. The summed E-state index contributed by atoms with van der Waals surface area (Å²) in [5.41, 5.74) is 0. The first kappa shape index (κ1) is 12.3. The molecule has 16 heavy (non-hydrogen) atoms. The molecule has 0 aromatic heterocycles. The third-order valence-electron chi connectivity index (χ3n) is 3.54. The molecule has 2 rings (SSSR count). The lowest BCUT2D eigenvalue weighted by Crippen LogP contribution is -2.51. The number of nitrogens with one attached hydrogen (secondary N) is 1. The second-order valence-electron chi connectivity index (χ2n) is 4.73. The lowest BCUT2D eigenvalue weighted by molar-refractivity contribution is 0.248. The van der Waals surface area contributed by atoms with E-state index in [1.807, 2.05) is 0 Å². The minimum absolute atomic E-state index is 0.586. The third-order valence-corrected chi connectivity index (χ3v) is 5.49. The molecule has 1 saturated carbocycles. The van der Waals surface area contributed by atoms with Gasteiger partial charge >= 0.3 is 0 Å². The molecule has 1 heterocycles. The van der Waals surface area contributed by atoms with Crippen LogP contribution in [0.3, 0.4) is 0 Å². The van der Waals surface area contributed by atoms with E-state index in [0.29, 0.717) is 25.6 Å². The fourth-order valence-corrected chi connectivity index (χ4v) is 3.64. The lowest BCUT2D eigenvalue weighted by Gasteiger charge is -2.34. The van der Waals surface area contributed by atoms with Crippen molar-refractivity contribution in [2.75, 3.05) is 39.8 Å². The summed E-state index contributed by atoms with van der Waals surface area (Å²) in [6.07, 6.45) is 3.62. The lowest BCUT2D eigenvalue weighted by atomic mass is 9.86. The van der Waals surface area contributed by atoms with Crippen LogP contribution in [0.1, 0.15) is 19.3 Å². The van der Waals surface area contributed by atoms with Crippen molar-refractivity contribution in [2.24, 2.45) is 5.92 Å². The van der Waals surface area contributed by atoms with Crippen molar-refractivity contribution in [1.82, 2.24) is 13.9 Å². The van der Waals surface area contributed by atoms with Crippen LogP contribution in [0.15, 0.2) is 0 Å². The van der Waals surface area contributed by atoms with Crippen molar-refractivity contribution in [2.45, 2.75) is 19.3 Å². The van der Waals surface area contributed by atoms with Gasteiger partial charge in [0, 0.05) is 39.8 Å². The van der Waals surface area contributed by atoms with Crippen LogP contribution in [-0.4, -0.2) is 56.8 Å². The number of hydrogen-bond acceptors (Lipinski definition) is 3. The van der Waals surface area contributed by atoms with Crippen LogP contribution in [0.25, 0.3) is 0 Å². The molecule has 1 saturated heterocycles. The van der Waals surface area contributed by atoms with Gasteiger partial charge in [0.25, 0.3) is 10.2 Å². The van der Waals surface area contributed by atoms with Gasteiger partial charge in [-0.05, 0) is 18.8 Å². The molecule has 5 nitrogen and oxygen atoms in total. The molecule has 0 bridgehead atoms. The van der Waals surface area contributed by atoms with E-state index in [1.165, 1.54) is 23.6 Å². The maximum Gasteiger partial charge on any atom is 0.281 e. The standard InChI is InChI=1S/C10H21N3O2S/c1-12(9-10-3-2-4-10)16(14,15)13-7-5-11-6-8-13/h10-11H,2-9H2,1H3. The molecular formula is C10H21N3O2S. The molecule has 0 radical (unpaired) electrons. The van der Waals surface area contributed by atoms with E-state index >= 15 is 0 Å². The van der Waals surface area contributed by atoms with E-state index in [4.69, 9.17) is 0 Å². The molecule has 2 fully saturated rings. The van der Waals surface area contributed by atoms with Crippen LogP contribution in [0.4, 0.5) is 0 Å². The van der Waals surface area contributed by atoms with E-state index < -0.39 is 10.2 Å². The van der Waals surface area contributed by atoms with E-state index in [9.17, 15) is 8.42 Å². The maximum atomic E-state index is 12.2. The third kappa shape index (κ3) is 2.56. The van der Waals surface area contributed by atoms with Crippen molar-refractivity contribution in [3.63, 3.8) is 0 Å². The summed E-state index contributed by atoms with van der Waals surface area (Å²) in [7, 11) is -1.50. The van der Waals surface area contributed by atoms with Crippen LogP contribution in [-0.2, 0) is 10.2 Å². The van der Waals surface area contributed by atoms with Crippen molar-refractivity contribution >= 4 is 10.2 Å². The quantitative estimate of drug-likeness (QED) is 0.753. The van der Waals surface area contributed by atoms with Crippen molar-refractivity contribution in [3.05, 3.63) is 0 Å². The molecule has 6 heteroatoms. The highest BCUT2D eigenvalue weighted by atomic mass is 32.2. The molecule has 2 aliphatic rings. The van der Waals surface area contributed by atoms with Crippen molar-refractivity contribution in [1.29, 1.82) is 0 Å². The van der Waals surface area contributed by atoms with E-state index in [-0.39, 0.29) is 0 Å². The van der Waals surface area contributed by atoms with E-state index in [2.05, 4.69) is 5.32 Å². The maximum absolute atomic E-state index is 12.2. The Balaban J connectivity index is 1.93. The summed E-state index contributed by atoms with van der Waals surface area (Å²) in [5.74, 6) is 0.586. The number of rotatable bonds is 4. The average Bonchev–Trinajstić information content (AvgIpc) is 2.24. The number of piperazine rings is 1. The Kier molecular flexibility index (Phi) is 3.84. The monoisotopic (exact) mass is 247 g/mol. The topological polar surface area (TPSA) is 52.7 Å². The molecule has 94 valence electrons. The highest BCUT2D eigenvalue weighted by Gasteiger charge is 2.30. The van der Waals surface area contributed by atoms with Gasteiger partial charge in [-0.3, -0.25) is 0 Å². The predicted octanol–water partition coefficient (Wildman–Crippen LogP) is -0.132. The predicted molar refractivity (Wildman–Crippen MR) is 63.3 cm³/mol. The summed E-state index contributed by atoms with van der Waals surface area (Å²) in [5, 5.41) is 3.16. The van der Waals surface area contributed by atoms with E-state index in [1.54, 1.807) is 11.4 Å². The molecule has 0 aromatic rings. The molecule has 0 aromatic carbocycles. The first-order valence-electron chi connectivity index (χ1n) is 6.03. The van der Waals surface area contributed by atoms with Gasteiger partial charge in [0.15, 0.2) is 0 Å². The Bertz CT molecular complexity index is 321. The molecule has 0 spiro atoms. The van der Waals surface area contributed by atoms with Gasteiger partial charge in [-0.1, -0.05) is 6.42 Å². The fourth-order valence-electron chi connectivity index (χ4n) is 2.21. The van der Waals surface area contributed by atoms with Crippen molar-refractivity contribution in [3.8, 4) is 0 Å². The summed E-state index contributed by atoms with van der Waals surface area (Å²) in [4.78, 5) is 0. The Morgan fingerprint density at radius 3 is 2.44 bits per heavy atom. The molecular weight excluding hydrogens is 226 g/mol. The minimum atomic E-state index is -3.21. The van der Waals surface area contributed by atoms with Gasteiger partial charge in [0.05, 0.1) is 0 Å². The second-order valence-corrected chi connectivity index (χ2v) is 6.77. The average molecular weight is 247 g/mol.